The van der Waals surface area contributed by atoms with Crippen LogP contribution in [0.5, 0.6) is 0 Å². The molecule has 0 amide bonds. The number of halogens is 2. The summed E-state index contributed by atoms with van der Waals surface area (Å²) in [7, 11) is 0. The van der Waals surface area contributed by atoms with Gasteiger partial charge in [0.15, 0.2) is 0 Å². The summed E-state index contributed by atoms with van der Waals surface area (Å²) in [6.07, 6.45) is 0.816. The molecule has 1 aromatic rings. The van der Waals surface area contributed by atoms with Crippen LogP contribution in [0.4, 0.5) is 0 Å². The van der Waals surface area contributed by atoms with Gasteiger partial charge in [-0.1, -0.05) is 36.2 Å². The Labute approximate surface area is 100.0 Å². The number of nitrogens with two attached hydrogens (primary N) is 1. The molecule has 2 atom stereocenters. The van der Waals surface area contributed by atoms with Crippen LogP contribution in [0.2, 0.25) is 10.0 Å². The lowest BCUT2D eigenvalue weighted by Gasteiger charge is -2.21. The number of aliphatic hydroxyl groups is 1. The molecule has 84 valence electrons. The highest BCUT2D eigenvalue weighted by molar-refractivity contribution is 6.35. The minimum atomic E-state index is -0.246. The molecule has 0 bridgehead atoms. The Kier molecular flexibility index (Phi) is 4.87. The second kappa shape index (κ2) is 5.71. The Balaban J connectivity index is 2.94. The first kappa shape index (κ1) is 12.8. The predicted octanol–water partition coefficient (Wildman–Crippen LogP) is 3.01. The van der Waals surface area contributed by atoms with Gasteiger partial charge in [0.25, 0.3) is 0 Å². The quantitative estimate of drug-likeness (QED) is 0.860. The summed E-state index contributed by atoms with van der Waals surface area (Å²) in [6, 6.07) is 4.99. The molecule has 0 aliphatic rings. The lowest BCUT2D eigenvalue weighted by molar-refractivity contribution is 0.201. The molecule has 0 heterocycles. The molecule has 0 radical (unpaired) electrons. The molecule has 15 heavy (non-hydrogen) atoms. The molecule has 0 saturated carbocycles. The number of aliphatic hydroxyl groups excluding tert-OH is 1. The fourth-order valence-electron chi connectivity index (χ4n) is 1.52. The fraction of sp³-hybridized carbons (Fsp3) is 0.455. The van der Waals surface area contributed by atoms with Crippen LogP contribution in [0.3, 0.4) is 0 Å². The maximum atomic E-state index is 9.15. The van der Waals surface area contributed by atoms with E-state index >= 15 is 0 Å². The largest absolute Gasteiger partial charge is 0.396 e. The fourth-order valence-corrected chi connectivity index (χ4v) is 2.06. The van der Waals surface area contributed by atoms with Crippen LogP contribution in [0, 0.1) is 5.92 Å². The average molecular weight is 248 g/mol. The van der Waals surface area contributed by atoms with Crippen molar-refractivity contribution in [2.45, 2.75) is 19.4 Å². The number of benzene rings is 1. The van der Waals surface area contributed by atoms with Crippen molar-refractivity contribution < 1.29 is 5.11 Å². The normalized spacial score (nSPS) is 15.0. The van der Waals surface area contributed by atoms with Gasteiger partial charge in [0.05, 0.1) is 0 Å². The average Bonchev–Trinajstić information content (AvgIpc) is 2.19. The van der Waals surface area contributed by atoms with E-state index in [1.807, 2.05) is 13.0 Å². The first-order chi connectivity index (χ1) is 7.10. The van der Waals surface area contributed by atoms with Gasteiger partial charge < -0.3 is 10.8 Å². The lowest BCUT2D eigenvalue weighted by Crippen LogP contribution is -2.24. The first-order valence-corrected chi connectivity index (χ1v) is 5.67. The van der Waals surface area contributed by atoms with E-state index in [-0.39, 0.29) is 18.6 Å². The summed E-state index contributed by atoms with van der Waals surface area (Å²) in [5, 5.41) is 10.3. The van der Waals surface area contributed by atoms with E-state index in [9.17, 15) is 0 Å². The number of rotatable bonds is 4. The van der Waals surface area contributed by atoms with Crippen LogP contribution < -0.4 is 5.73 Å². The molecule has 1 aromatic carbocycles. The van der Waals surface area contributed by atoms with Crippen molar-refractivity contribution in [3.8, 4) is 0 Å². The summed E-state index contributed by atoms with van der Waals surface area (Å²) in [5.41, 5.74) is 6.86. The highest BCUT2D eigenvalue weighted by atomic mass is 35.5. The van der Waals surface area contributed by atoms with Gasteiger partial charge in [-0.3, -0.25) is 0 Å². The summed E-state index contributed by atoms with van der Waals surface area (Å²) in [6.45, 7) is 2.06. The molecule has 0 fully saturated rings. The van der Waals surface area contributed by atoms with E-state index in [2.05, 4.69) is 0 Å². The highest BCUT2D eigenvalue weighted by Gasteiger charge is 2.19. The van der Waals surface area contributed by atoms with Gasteiger partial charge in [-0.15, -0.1) is 0 Å². The van der Waals surface area contributed by atoms with Crippen LogP contribution in [0.1, 0.15) is 24.9 Å². The zero-order valence-corrected chi connectivity index (χ0v) is 10.1. The molecule has 0 aliphatic heterocycles. The maximum Gasteiger partial charge on any atom is 0.0477 e. The third-order valence-corrected chi connectivity index (χ3v) is 3.15. The van der Waals surface area contributed by atoms with E-state index in [4.69, 9.17) is 34.0 Å². The topological polar surface area (TPSA) is 46.2 Å². The van der Waals surface area contributed by atoms with Crippen LogP contribution in [0.15, 0.2) is 18.2 Å². The second-order valence-electron chi connectivity index (χ2n) is 3.54. The minimum Gasteiger partial charge on any atom is -0.396 e. The van der Waals surface area contributed by atoms with Crippen molar-refractivity contribution in [1.29, 1.82) is 0 Å². The first-order valence-electron chi connectivity index (χ1n) is 4.91. The molecule has 4 heteroatoms. The Morgan fingerprint density at radius 2 is 2.07 bits per heavy atom. The van der Waals surface area contributed by atoms with E-state index < -0.39 is 0 Å². The molecule has 0 aliphatic carbocycles. The summed E-state index contributed by atoms with van der Waals surface area (Å²) < 4.78 is 0. The smallest absolute Gasteiger partial charge is 0.0477 e. The molecule has 1 rings (SSSR count). The molecule has 0 aromatic heterocycles. The van der Waals surface area contributed by atoms with Gasteiger partial charge >= 0.3 is 0 Å². The lowest BCUT2D eigenvalue weighted by atomic mass is 9.92. The Bertz CT molecular complexity index is 326. The summed E-state index contributed by atoms with van der Waals surface area (Å²) >= 11 is 11.8. The number of hydrogen-bond donors (Lipinski definition) is 2. The van der Waals surface area contributed by atoms with E-state index in [1.54, 1.807) is 12.1 Å². The Hall–Kier alpha value is -0.280. The third-order valence-electron chi connectivity index (χ3n) is 2.59. The third kappa shape index (κ3) is 3.08. The van der Waals surface area contributed by atoms with Crippen molar-refractivity contribution in [1.82, 2.24) is 0 Å². The molecular formula is C11H15Cl2NO. The highest BCUT2D eigenvalue weighted by Crippen LogP contribution is 2.30. The molecule has 2 unspecified atom stereocenters. The van der Waals surface area contributed by atoms with Crippen molar-refractivity contribution in [2.75, 3.05) is 6.61 Å². The van der Waals surface area contributed by atoms with Gasteiger partial charge in [0, 0.05) is 28.6 Å². The van der Waals surface area contributed by atoms with Crippen molar-refractivity contribution in [3.63, 3.8) is 0 Å². The van der Waals surface area contributed by atoms with Crippen molar-refractivity contribution in [3.05, 3.63) is 33.8 Å². The van der Waals surface area contributed by atoms with Gasteiger partial charge in [0.2, 0.25) is 0 Å². The maximum absolute atomic E-state index is 9.15. The Morgan fingerprint density at radius 1 is 1.40 bits per heavy atom. The van der Waals surface area contributed by atoms with Crippen LogP contribution in [0.25, 0.3) is 0 Å². The summed E-state index contributed by atoms with van der Waals surface area (Å²) in [4.78, 5) is 0. The van der Waals surface area contributed by atoms with Crippen molar-refractivity contribution >= 4 is 23.2 Å². The predicted molar refractivity (Wildman–Crippen MR) is 64.3 cm³/mol. The molecule has 0 spiro atoms. The van der Waals surface area contributed by atoms with Gasteiger partial charge in [-0.2, -0.15) is 0 Å². The zero-order chi connectivity index (χ0) is 11.4. The number of hydrogen-bond acceptors (Lipinski definition) is 2. The summed E-state index contributed by atoms with van der Waals surface area (Å²) in [5.74, 6) is 0.0312. The Morgan fingerprint density at radius 3 is 2.53 bits per heavy atom. The van der Waals surface area contributed by atoms with E-state index in [1.165, 1.54) is 0 Å². The van der Waals surface area contributed by atoms with Gasteiger partial charge in [-0.25, -0.2) is 0 Å². The molecule has 2 nitrogen and oxygen atoms in total. The SMILES string of the molecule is CCC(CO)C(N)c1ccc(Cl)cc1Cl. The van der Waals surface area contributed by atoms with Crippen LogP contribution in [-0.4, -0.2) is 11.7 Å². The monoisotopic (exact) mass is 247 g/mol. The second-order valence-corrected chi connectivity index (χ2v) is 4.39. The van der Waals surface area contributed by atoms with Gasteiger partial charge in [-0.05, 0) is 24.1 Å². The van der Waals surface area contributed by atoms with E-state index in [0.717, 1.165) is 12.0 Å². The van der Waals surface area contributed by atoms with Gasteiger partial charge in [0.1, 0.15) is 0 Å². The molecule has 3 N–H and O–H groups in total. The molecular weight excluding hydrogens is 233 g/mol. The minimum absolute atomic E-state index is 0.0312. The standard InChI is InChI=1S/C11H15Cl2NO/c1-2-7(6-15)11(14)9-4-3-8(12)5-10(9)13/h3-5,7,11,15H,2,6,14H2,1H3. The van der Waals surface area contributed by atoms with E-state index in [0.29, 0.717) is 10.0 Å². The van der Waals surface area contributed by atoms with Crippen LogP contribution >= 0.6 is 23.2 Å². The van der Waals surface area contributed by atoms with Crippen LogP contribution in [-0.2, 0) is 0 Å². The zero-order valence-electron chi connectivity index (χ0n) is 8.58. The van der Waals surface area contributed by atoms with Crippen molar-refractivity contribution in [2.24, 2.45) is 11.7 Å². The molecule has 0 saturated heterocycles.